The molecule has 1 saturated heterocycles. The van der Waals surface area contributed by atoms with E-state index in [1.807, 2.05) is 54.8 Å². The molecule has 5 N–H and O–H groups in total. The molecular formula is C25H31N5O4S2. The molecule has 5 amide bonds. The summed E-state index contributed by atoms with van der Waals surface area (Å²) >= 11 is 2.91. The van der Waals surface area contributed by atoms with Crippen LogP contribution in [0.3, 0.4) is 0 Å². The van der Waals surface area contributed by atoms with E-state index in [2.05, 4.69) is 16.0 Å². The Balaban J connectivity index is 1.75. The first-order valence-corrected chi connectivity index (χ1v) is 14.1. The van der Waals surface area contributed by atoms with Gasteiger partial charge in [-0.3, -0.25) is 14.4 Å². The average molecular weight is 530 g/mol. The maximum absolute atomic E-state index is 13.4. The fourth-order valence-electron chi connectivity index (χ4n) is 4.12. The summed E-state index contributed by atoms with van der Waals surface area (Å²) in [6.07, 6.45) is 4.37. The smallest absolute Gasteiger partial charge is 0.319 e. The Morgan fingerprint density at radius 3 is 2.50 bits per heavy atom. The summed E-state index contributed by atoms with van der Waals surface area (Å²) in [6, 6.07) is 13.6. The zero-order chi connectivity index (χ0) is 26.1. The van der Waals surface area contributed by atoms with Gasteiger partial charge in [0.1, 0.15) is 12.1 Å². The normalized spacial score (nSPS) is 17.8. The Hall–Kier alpha value is -3.18. The summed E-state index contributed by atoms with van der Waals surface area (Å²) in [5, 5.41) is 8.34. The maximum Gasteiger partial charge on any atom is 0.319 e. The largest absolute Gasteiger partial charge is 0.368 e. The summed E-state index contributed by atoms with van der Waals surface area (Å²) in [5.41, 5.74) is 7.03. The van der Waals surface area contributed by atoms with E-state index in [0.29, 0.717) is 18.7 Å². The third kappa shape index (κ3) is 7.41. The van der Waals surface area contributed by atoms with E-state index in [1.54, 1.807) is 24.1 Å². The van der Waals surface area contributed by atoms with Crippen LogP contribution in [0.25, 0.3) is 0 Å². The topological polar surface area (TPSA) is 134 Å². The molecule has 11 heteroatoms. The molecule has 36 heavy (non-hydrogen) atoms. The zero-order valence-corrected chi connectivity index (χ0v) is 21.9. The molecule has 1 aliphatic heterocycles. The molecule has 0 saturated carbocycles. The molecule has 9 nitrogen and oxygen atoms in total. The van der Waals surface area contributed by atoms with E-state index in [9.17, 15) is 19.2 Å². The number of thioether (sulfide) groups is 2. The zero-order valence-electron chi connectivity index (χ0n) is 20.2. The van der Waals surface area contributed by atoms with Gasteiger partial charge in [0.15, 0.2) is 0 Å². The van der Waals surface area contributed by atoms with Crippen LogP contribution in [0.2, 0.25) is 0 Å². The standard InChI is InChI=1S/C25H31N5O4S2/c1-35-15-21(31)30-12-11-19(29-25(34)27-17-9-6-10-18(14-17)36-2)22(30)24(33)28-20(23(26)32)13-16-7-4-3-5-8-16/h3-10,14,19-20,22H,11-13,15H2,1-2H3,(H2,26,32)(H,28,33)(H2,27,29,34). The van der Waals surface area contributed by atoms with Crippen LogP contribution in [0.15, 0.2) is 59.5 Å². The van der Waals surface area contributed by atoms with Crippen molar-refractivity contribution in [3.05, 3.63) is 60.2 Å². The number of carbonyl (C=O) groups excluding carboxylic acids is 4. The molecule has 1 heterocycles. The van der Waals surface area contributed by atoms with Gasteiger partial charge >= 0.3 is 6.03 Å². The molecule has 1 fully saturated rings. The van der Waals surface area contributed by atoms with Crippen molar-refractivity contribution in [3.63, 3.8) is 0 Å². The van der Waals surface area contributed by atoms with Crippen LogP contribution in [0.1, 0.15) is 12.0 Å². The van der Waals surface area contributed by atoms with Gasteiger partial charge in [-0.05, 0) is 42.7 Å². The number of likely N-dealkylation sites (tertiary alicyclic amines) is 1. The van der Waals surface area contributed by atoms with Crippen molar-refractivity contribution in [2.75, 3.05) is 30.1 Å². The van der Waals surface area contributed by atoms with E-state index in [1.165, 1.54) is 16.7 Å². The van der Waals surface area contributed by atoms with Gasteiger partial charge in [0.25, 0.3) is 0 Å². The summed E-state index contributed by atoms with van der Waals surface area (Å²) in [6.45, 7) is 0.310. The molecule has 192 valence electrons. The number of nitrogens with two attached hydrogens (primary N) is 1. The molecule has 0 radical (unpaired) electrons. The summed E-state index contributed by atoms with van der Waals surface area (Å²) in [7, 11) is 0. The van der Waals surface area contributed by atoms with Crippen LogP contribution in [-0.2, 0) is 20.8 Å². The average Bonchev–Trinajstić information content (AvgIpc) is 3.28. The fraction of sp³-hybridized carbons (Fsp3) is 0.360. The number of urea groups is 1. The second-order valence-corrected chi connectivity index (χ2v) is 10.1. The van der Waals surface area contributed by atoms with Gasteiger partial charge in [-0.15, -0.1) is 11.8 Å². The van der Waals surface area contributed by atoms with Gasteiger partial charge < -0.3 is 26.6 Å². The highest BCUT2D eigenvalue weighted by molar-refractivity contribution is 7.99. The third-order valence-corrected chi connectivity index (χ3v) is 7.10. The fourth-order valence-corrected chi connectivity index (χ4v) is 4.99. The minimum Gasteiger partial charge on any atom is -0.368 e. The van der Waals surface area contributed by atoms with Crippen molar-refractivity contribution in [2.24, 2.45) is 5.73 Å². The lowest BCUT2D eigenvalue weighted by molar-refractivity contribution is -0.138. The minimum absolute atomic E-state index is 0.202. The van der Waals surface area contributed by atoms with Crippen LogP contribution in [0.4, 0.5) is 10.5 Å². The van der Waals surface area contributed by atoms with Crippen LogP contribution in [0, 0.1) is 0 Å². The Morgan fingerprint density at radius 1 is 1.08 bits per heavy atom. The summed E-state index contributed by atoms with van der Waals surface area (Å²) in [4.78, 5) is 53.5. The number of nitrogens with zero attached hydrogens (tertiary/aromatic N) is 1. The SMILES string of the molecule is CSCC(=O)N1CCC(NC(=O)Nc2cccc(SC)c2)C1C(=O)NC(Cc1ccccc1)C(N)=O. The highest BCUT2D eigenvalue weighted by atomic mass is 32.2. The molecular weight excluding hydrogens is 498 g/mol. The van der Waals surface area contributed by atoms with Crippen molar-refractivity contribution < 1.29 is 19.2 Å². The molecule has 3 atom stereocenters. The highest BCUT2D eigenvalue weighted by Gasteiger charge is 2.43. The number of hydrogen-bond donors (Lipinski definition) is 4. The first kappa shape index (κ1) is 27.4. The summed E-state index contributed by atoms with van der Waals surface area (Å²) in [5.74, 6) is -1.22. The first-order chi connectivity index (χ1) is 17.3. The lowest BCUT2D eigenvalue weighted by Crippen LogP contribution is -2.58. The van der Waals surface area contributed by atoms with Gasteiger partial charge in [0, 0.05) is 23.5 Å². The van der Waals surface area contributed by atoms with Gasteiger partial charge in [-0.2, -0.15) is 11.8 Å². The van der Waals surface area contributed by atoms with Crippen molar-refractivity contribution >= 4 is 53.0 Å². The Bertz CT molecular complexity index is 1090. The Morgan fingerprint density at radius 2 is 1.83 bits per heavy atom. The second kappa shape index (κ2) is 13.2. The molecule has 2 aromatic carbocycles. The highest BCUT2D eigenvalue weighted by Crippen LogP contribution is 2.22. The van der Waals surface area contributed by atoms with E-state index in [4.69, 9.17) is 5.73 Å². The van der Waals surface area contributed by atoms with E-state index < -0.39 is 36.0 Å². The quantitative estimate of drug-likeness (QED) is 0.348. The van der Waals surface area contributed by atoms with Crippen molar-refractivity contribution in [1.82, 2.24) is 15.5 Å². The molecule has 0 spiro atoms. The molecule has 2 aromatic rings. The van der Waals surface area contributed by atoms with Gasteiger partial charge in [0.05, 0.1) is 11.8 Å². The molecule has 3 rings (SSSR count). The number of benzene rings is 2. The van der Waals surface area contributed by atoms with Crippen molar-refractivity contribution in [1.29, 1.82) is 0 Å². The lowest BCUT2D eigenvalue weighted by atomic mass is 10.0. The number of rotatable bonds is 10. The molecule has 3 unspecified atom stereocenters. The third-order valence-electron chi connectivity index (χ3n) is 5.84. The van der Waals surface area contributed by atoms with E-state index >= 15 is 0 Å². The Labute approximate surface area is 219 Å². The van der Waals surface area contributed by atoms with Gasteiger partial charge in [0.2, 0.25) is 17.7 Å². The predicted molar refractivity (Wildman–Crippen MR) is 144 cm³/mol. The van der Waals surface area contributed by atoms with Crippen molar-refractivity contribution in [3.8, 4) is 0 Å². The Kier molecular flexibility index (Phi) is 10.1. The molecule has 1 aliphatic rings. The number of nitrogens with one attached hydrogen (secondary N) is 3. The lowest BCUT2D eigenvalue weighted by Gasteiger charge is -2.29. The number of hydrogen-bond acceptors (Lipinski definition) is 6. The molecule has 0 aliphatic carbocycles. The second-order valence-electron chi connectivity index (χ2n) is 8.34. The molecule has 0 bridgehead atoms. The van der Waals surface area contributed by atoms with Crippen LogP contribution < -0.4 is 21.7 Å². The summed E-state index contributed by atoms with van der Waals surface area (Å²) < 4.78 is 0. The van der Waals surface area contributed by atoms with Crippen LogP contribution in [0.5, 0.6) is 0 Å². The monoisotopic (exact) mass is 529 g/mol. The van der Waals surface area contributed by atoms with E-state index in [-0.39, 0.29) is 18.1 Å². The van der Waals surface area contributed by atoms with Gasteiger partial charge in [-0.25, -0.2) is 4.79 Å². The first-order valence-electron chi connectivity index (χ1n) is 11.5. The maximum atomic E-state index is 13.4. The van der Waals surface area contributed by atoms with Crippen LogP contribution in [-0.4, -0.2) is 71.6 Å². The number of anilines is 1. The number of amides is 5. The van der Waals surface area contributed by atoms with Crippen LogP contribution >= 0.6 is 23.5 Å². The molecule has 0 aromatic heterocycles. The van der Waals surface area contributed by atoms with Gasteiger partial charge in [-0.1, -0.05) is 36.4 Å². The minimum atomic E-state index is -0.967. The van der Waals surface area contributed by atoms with E-state index in [0.717, 1.165) is 10.5 Å². The predicted octanol–water partition coefficient (Wildman–Crippen LogP) is 2.08. The van der Waals surface area contributed by atoms with Crippen molar-refractivity contribution in [2.45, 2.75) is 35.9 Å². The number of carbonyl (C=O) groups is 4. The number of primary amides is 1.